The number of hydrogen-bond acceptors (Lipinski definition) is 8. The van der Waals surface area contributed by atoms with E-state index in [4.69, 9.17) is 14.5 Å². The summed E-state index contributed by atoms with van der Waals surface area (Å²) in [6, 6.07) is 9.68. The van der Waals surface area contributed by atoms with Crippen molar-refractivity contribution in [2.45, 2.75) is 46.1 Å². The van der Waals surface area contributed by atoms with Gasteiger partial charge in [0.15, 0.2) is 0 Å². The van der Waals surface area contributed by atoms with E-state index in [1.807, 2.05) is 51.1 Å². The van der Waals surface area contributed by atoms with Crippen LogP contribution in [0.5, 0.6) is 5.75 Å². The molecule has 9 heteroatoms. The molecule has 0 aliphatic carbocycles. The standard InChI is InChI=1S/C25H35N3O5S/c1-7-34-23(26-14-13-22(29)31-6)21-11-9-18-17-19(10-12-20(18)27-21)32-16-8-15-28(5)24(30)33-25(2,3)4/h9-12,17H,7-8,13-16H2,1-6H3/b26-23-. The van der Waals surface area contributed by atoms with Crippen LogP contribution in [0, 0.1) is 0 Å². The van der Waals surface area contributed by atoms with E-state index >= 15 is 0 Å². The molecule has 0 radical (unpaired) electrons. The number of amides is 1. The van der Waals surface area contributed by atoms with Crippen LogP contribution in [-0.4, -0.2) is 72.2 Å². The van der Waals surface area contributed by atoms with Crippen molar-refractivity contribution in [2.75, 3.05) is 39.6 Å². The van der Waals surface area contributed by atoms with Crippen molar-refractivity contribution in [2.24, 2.45) is 4.99 Å². The summed E-state index contributed by atoms with van der Waals surface area (Å²) in [5.74, 6) is 1.32. The molecule has 0 saturated carbocycles. The SMILES string of the molecule is CCS/C(=N\CCC(=O)OC)c1ccc2cc(OCCCN(C)C(=O)OC(C)(C)C)ccc2n1. The minimum absolute atomic E-state index is 0.242. The zero-order chi connectivity index (χ0) is 25.1. The van der Waals surface area contributed by atoms with E-state index in [1.54, 1.807) is 23.7 Å². The van der Waals surface area contributed by atoms with Crippen LogP contribution in [0.3, 0.4) is 0 Å². The molecule has 186 valence electrons. The second-order valence-corrected chi connectivity index (χ2v) is 9.85. The summed E-state index contributed by atoms with van der Waals surface area (Å²) in [4.78, 5) is 34.2. The number of esters is 1. The zero-order valence-electron chi connectivity index (χ0n) is 20.9. The van der Waals surface area contributed by atoms with Crippen LogP contribution in [0.25, 0.3) is 10.9 Å². The van der Waals surface area contributed by atoms with Crippen molar-refractivity contribution in [1.29, 1.82) is 0 Å². The Labute approximate surface area is 206 Å². The van der Waals surface area contributed by atoms with Gasteiger partial charge in [-0.25, -0.2) is 9.78 Å². The summed E-state index contributed by atoms with van der Waals surface area (Å²) in [7, 11) is 3.09. The van der Waals surface area contributed by atoms with Crippen molar-refractivity contribution in [1.82, 2.24) is 9.88 Å². The Hall–Kier alpha value is -2.81. The van der Waals surface area contributed by atoms with Crippen LogP contribution in [-0.2, 0) is 14.3 Å². The van der Waals surface area contributed by atoms with Gasteiger partial charge in [0.2, 0.25) is 0 Å². The van der Waals surface area contributed by atoms with E-state index in [-0.39, 0.29) is 18.5 Å². The van der Waals surface area contributed by atoms with Crippen molar-refractivity contribution >= 4 is 39.8 Å². The third kappa shape index (κ3) is 9.21. The van der Waals surface area contributed by atoms with Crippen LogP contribution in [0.4, 0.5) is 4.79 Å². The molecule has 8 nitrogen and oxygen atoms in total. The number of thioether (sulfide) groups is 1. The van der Waals surface area contributed by atoms with Gasteiger partial charge in [-0.1, -0.05) is 13.0 Å². The Morgan fingerprint density at radius 2 is 1.94 bits per heavy atom. The van der Waals surface area contributed by atoms with Gasteiger partial charge in [0.1, 0.15) is 16.4 Å². The monoisotopic (exact) mass is 489 g/mol. The summed E-state index contributed by atoms with van der Waals surface area (Å²) >= 11 is 1.59. The van der Waals surface area contributed by atoms with Gasteiger partial charge >= 0.3 is 12.1 Å². The number of carbonyl (C=O) groups excluding carboxylic acids is 2. The van der Waals surface area contributed by atoms with E-state index in [9.17, 15) is 9.59 Å². The van der Waals surface area contributed by atoms with Crippen LogP contribution < -0.4 is 4.74 Å². The average molecular weight is 490 g/mol. The van der Waals surface area contributed by atoms with Gasteiger partial charge < -0.3 is 19.1 Å². The maximum atomic E-state index is 12.0. The number of carbonyl (C=O) groups is 2. The topological polar surface area (TPSA) is 90.3 Å². The van der Waals surface area contributed by atoms with Crippen LogP contribution in [0.15, 0.2) is 35.3 Å². The number of pyridine rings is 1. The number of nitrogens with zero attached hydrogens (tertiary/aromatic N) is 3. The lowest BCUT2D eigenvalue weighted by molar-refractivity contribution is -0.140. The fraction of sp³-hybridized carbons (Fsp3) is 0.520. The predicted molar refractivity (Wildman–Crippen MR) is 137 cm³/mol. The smallest absolute Gasteiger partial charge is 0.410 e. The second kappa shape index (κ2) is 13.2. The molecule has 0 spiro atoms. The van der Waals surface area contributed by atoms with Crippen molar-refractivity contribution in [3.8, 4) is 5.75 Å². The Balaban J connectivity index is 1.96. The first kappa shape index (κ1) is 27.4. The van der Waals surface area contributed by atoms with Crippen LogP contribution in [0.2, 0.25) is 0 Å². The normalized spacial score (nSPS) is 11.9. The summed E-state index contributed by atoms with van der Waals surface area (Å²) < 4.78 is 15.9. The molecule has 2 rings (SSSR count). The Morgan fingerprint density at radius 3 is 2.62 bits per heavy atom. The van der Waals surface area contributed by atoms with Gasteiger partial charge in [-0.05, 0) is 57.2 Å². The number of aliphatic imine (C=N–C) groups is 1. The highest BCUT2D eigenvalue weighted by Gasteiger charge is 2.19. The van der Waals surface area contributed by atoms with Crippen molar-refractivity contribution in [3.63, 3.8) is 0 Å². The van der Waals surface area contributed by atoms with Gasteiger partial charge in [0.25, 0.3) is 0 Å². The highest BCUT2D eigenvalue weighted by molar-refractivity contribution is 8.14. The first-order chi connectivity index (χ1) is 16.1. The molecule has 0 atom stereocenters. The highest BCUT2D eigenvalue weighted by atomic mass is 32.2. The summed E-state index contributed by atoms with van der Waals surface area (Å²) in [6.07, 6.45) is 0.589. The van der Waals surface area contributed by atoms with Gasteiger partial charge in [0, 0.05) is 19.0 Å². The number of ether oxygens (including phenoxy) is 3. The van der Waals surface area contributed by atoms with Crippen LogP contribution in [0.1, 0.15) is 46.2 Å². The first-order valence-electron chi connectivity index (χ1n) is 11.3. The van der Waals surface area contributed by atoms with E-state index in [0.29, 0.717) is 26.1 Å². The van der Waals surface area contributed by atoms with Crippen molar-refractivity contribution < 1.29 is 23.8 Å². The molecule has 2 aromatic rings. The fourth-order valence-electron chi connectivity index (χ4n) is 2.92. The van der Waals surface area contributed by atoms with E-state index in [2.05, 4.69) is 16.7 Å². The fourth-order valence-corrected chi connectivity index (χ4v) is 3.64. The van der Waals surface area contributed by atoms with E-state index in [0.717, 1.165) is 33.1 Å². The van der Waals surface area contributed by atoms with Crippen LogP contribution >= 0.6 is 11.8 Å². The molecule has 0 unspecified atom stereocenters. The zero-order valence-corrected chi connectivity index (χ0v) is 21.7. The molecular weight excluding hydrogens is 454 g/mol. The number of fused-ring (bicyclic) bond motifs is 1. The number of benzene rings is 1. The average Bonchev–Trinajstić information content (AvgIpc) is 2.79. The molecular formula is C25H35N3O5S. The third-order valence-corrected chi connectivity index (χ3v) is 5.47. The summed E-state index contributed by atoms with van der Waals surface area (Å²) in [6.45, 7) is 8.98. The van der Waals surface area contributed by atoms with Crippen molar-refractivity contribution in [3.05, 3.63) is 36.0 Å². The molecule has 0 aliphatic rings. The maximum absolute atomic E-state index is 12.0. The lowest BCUT2D eigenvalue weighted by atomic mass is 10.2. The minimum atomic E-state index is -0.508. The Bertz CT molecular complexity index is 1000. The molecule has 1 aromatic heterocycles. The molecule has 1 heterocycles. The van der Waals surface area contributed by atoms with Gasteiger partial charge in [0.05, 0.1) is 37.9 Å². The first-order valence-corrected chi connectivity index (χ1v) is 12.3. The minimum Gasteiger partial charge on any atom is -0.494 e. The van der Waals surface area contributed by atoms with Gasteiger partial charge in [-0.2, -0.15) is 0 Å². The molecule has 0 N–H and O–H groups in total. The third-order valence-electron chi connectivity index (χ3n) is 4.57. The van der Waals surface area contributed by atoms with E-state index in [1.165, 1.54) is 7.11 Å². The summed E-state index contributed by atoms with van der Waals surface area (Å²) in [5, 5.41) is 1.77. The quantitative estimate of drug-likeness (QED) is 0.202. The molecule has 0 aliphatic heterocycles. The highest BCUT2D eigenvalue weighted by Crippen LogP contribution is 2.22. The number of aromatic nitrogens is 1. The molecule has 0 saturated heterocycles. The molecule has 0 bridgehead atoms. The number of methoxy groups -OCH3 is 1. The molecule has 1 aromatic carbocycles. The lowest BCUT2D eigenvalue weighted by Gasteiger charge is -2.24. The molecule has 34 heavy (non-hydrogen) atoms. The second-order valence-electron chi connectivity index (χ2n) is 8.60. The predicted octanol–water partition coefficient (Wildman–Crippen LogP) is 4.93. The van der Waals surface area contributed by atoms with E-state index < -0.39 is 5.60 Å². The van der Waals surface area contributed by atoms with Gasteiger partial charge in [-0.15, -0.1) is 11.8 Å². The molecule has 0 fully saturated rings. The Kier molecular flexibility index (Phi) is 10.6. The number of rotatable bonds is 10. The lowest BCUT2D eigenvalue weighted by Crippen LogP contribution is -2.35. The maximum Gasteiger partial charge on any atom is 0.410 e. The molecule has 1 amide bonds. The summed E-state index contributed by atoms with van der Waals surface area (Å²) in [5.41, 5.74) is 1.11. The Morgan fingerprint density at radius 1 is 1.18 bits per heavy atom. The number of hydrogen-bond donors (Lipinski definition) is 0. The largest absolute Gasteiger partial charge is 0.494 e. The van der Waals surface area contributed by atoms with Gasteiger partial charge in [-0.3, -0.25) is 9.79 Å².